The minimum atomic E-state index is 0.111. The van der Waals surface area contributed by atoms with Crippen LogP contribution in [0.2, 0.25) is 0 Å². The van der Waals surface area contributed by atoms with Gasteiger partial charge in [-0.15, -0.1) is 0 Å². The van der Waals surface area contributed by atoms with Crippen LogP contribution in [0.4, 0.5) is 0 Å². The van der Waals surface area contributed by atoms with Gasteiger partial charge >= 0.3 is 0 Å². The topological polar surface area (TPSA) is 20.3 Å². The van der Waals surface area contributed by atoms with Gasteiger partial charge in [-0.2, -0.15) is 0 Å². The summed E-state index contributed by atoms with van der Waals surface area (Å²) in [7, 11) is 0. The molecule has 1 aliphatic heterocycles. The predicted octanol–water partition coefficient (Wildman–Crippen LogP) is 2.98. The molecule has 2 nitrogen and oxygen atoms in total. The molecule has 0 aliphatic carbocycles. The van der Waals surface area contributed by atoms with Crippen molar-refractivity contribution < 1.29 is 4.79 Å². The van der Waals surface area contributed by atoms with Crippen molar-refractivity contribution in [1.82, 2.24) is 4.90 Å². The Morgan fingerprint density at radius 3 is 2.47 bits per heavy atom. The van der Waals surface area contributed by atoms with Crippen LogP contribution in [0.1, 0.15) is 39.2 Å². The molecule has 0 spiro atoms. The van der Waals surface area contributed by atoms with Gasteiger partial charge in [-0.25, -0.2) is 0 Å². The summed E-state index contributed by atoms with van der Waals surface area (Å²) in [5.41, 5.74) is 1.46. The third-order valence-corrected chi connectivity index (χ3v) is 3.82. The van der Waals surface area contributed by atoms with Crippen molar-refractivity contribution in [1.29, 1.82) is 0 Å². The Balaban J connectivity index is 2.25. The number of carbonyl (C=O) groups excluding carboxylic acids is 1. The lowest BCUT2D eigenvalue weighted by Gasteiger charge is -2.42. The minimum Gasteiger partial charge on any atom is -0.339 e. The highest BCUT2D eigenvalue weighted by molar-refractivity contribution is 5.77. The molecular weight excluding hydrogens is 210 g/mol. The molecule has 0 bridgehead atoms. The minimum absolute atomic E-state index is 0.111. The molecule has 1 heterocycles. The van der Waals surface area contributed by atoms with Crippen molar-refractivity contribution in [2.75, 3.05) is 6.54 Å². The zero-order valence-corrected chi connectivity index (χ0v) is 10.9. The molecule has 1 atom stereocenters. The van der Waals surface area contributed by atoms with E-state index in [1.807, 2.05) is 11.0 Å². The number of hydrogen-bond donors (Lipinski definition) is 0. The third kappa shape index (κ3) is 2.36. The van der Waals surface area contributed by atoms with E-state index < -0.39 is 0 Å². The van der Waals surface area contributed by atoms with Crippen LogP contribution in [0.15, 0.2) is 30.3 Å². The Labute approximate surface area is 104 Å². The lowest BCUT2D eigenvalue weighted by atomic mass is 9.75. The van der Waals surface area contributed by atoms with Gasteiger partial charge in [0.25, 0.3) is 0 Å². The molecule has 17 heavy (non-hydrogen) atoms. The molecule has 2 heteroatoms. The SMILES string of the molecule is CC(C)N1CC(C)(c2ccccc2)CCC1=O. The van der Waals surface area contributed by atoms with E-state index in [4.69, 9.17) is 0 Å². The van der Waals surface area contributed by atoms with E-state index in [9.17, 15) is 4.79 Å². The molecule has 1 saturated heterocycles. The number of nitrogens with zero attached hydrogens (tertiary/aromatic N) is 1. The van der Waals surface area contributed by atoms with Crippen LogP contribution in [0.5, 0.6) is 0 Å². The standard InChI is InChI=1S/C15H21NO/c1-12(2)16-11-15(3,10-9-14(16)17)13-7-5-4-6-8-13/h4-8,12H,9-11H2,1-3H3. The predicted molar refractivity (Wildman–Crippen MR) is 69.9 cm³/mol. The van der Waals surface area contributed by atoms with E-state index in [1.165, 1.54) is 5.56 Å². The molecule has 0 saturated carbocycles. The van der Waals surface area contributed by atoms with Gasteiger partial charge < -0.3 is 4.90 Å². The highest BCUT2D eigenvalue weighted by Gasteiger charge is 2.36. The first-order chi connectivity index (χ1) is 8.03. The van der Waals surface area contributed by atoms with Gasteiger partial charge in [0.2, 0.25) is 5.91 Å². The van der Waals surface area contributed by atoms with Crippen molar-refractivity contribution in [2.24, 2.45) is 0 Å². The van der Waals surface area contributed by atoms with Crippen LogP contribution in [-0.2, 0) is 10.2 Å². The first-order valence-electron chi connectivity index (χ1n) is 6.38. The highest BCUT2D eigenvalue weighted by atomic mass is 16.2. The molecule has 1 fully saturated rings. The first kappa shape index (κ1) is 12.2. The van der Waals surface area contributed by atoms with E-state index in [2.05, 4.69) is 45.0 Å². The molecule has 1 aromatic carbocycles. The van der Waals surface area contributed by atoms with Crippen LogP contribution in [0, 0.1) is 0 Å². The fourth-order valence-corrected chi connectivity index (χ4v) is 2.62. The Morgan fingerprint density at radius 1 is 1.24 bits per heavy atom. The fourth-order valence-electron chi connectivity index (χ4n) is 2.62. The second kappa shape index (κ2) is 4.52. The van der Waals surface area contributed by atoms with Crippen molar-refractivity contribution in [3.05, 3.63) is 35.9 Å². The van der Waals surface area contributed by atoms with Gasteiger partial charge in [0.15, 0.2) is 0 Å². The molecule has 1 aromatic rings. The monoisotopic (exact) mass is 231 g/mol. The van der Waals surface area contributed by atoms with E-state index in [0.717, 1.165) is 13.0 Å². The number of carbonyl (C=O) groups is 1. The molecular formula is C15H21NO. The first-order valence-corrected chi connectivity index (χ1v) is 6.38. The maximum Gasteiger partial charge on any atom is 0.222 e. The summed E-state index contributed by atoms with van der Waals surface area (Å²) in [6.45, 7) is 7.29. The van der Waals surface area contributed by atoms with Crippen LogP contribution in [0.3, 0.4) is 0 Å². The molecule has 0 aromatic heterocycles. The lowest BCUT2D eigenvalue weighted by Crippen LogP contribution is -2.50. The van der Waals surface area contributed by atoms with Gasteiger partial charge in [-0.3, -0.25) is 4.79 Å². The summed E-state index contributed by atoms with van der Waals surface area (Å²) in [6, 6.07) is 10.8. The van der Waals surface area contributed by atoms with E-state index in [1.54, 1.807) is 0 Å². The Morgan fingerprint density at radius 2 is 1.88 bits per heavy atom. The summed E-state index contributed by atoms with van der Waals surface area (Å²) in [5, 5.41) is 0. The van der Waals surface area contributed by atoms with Gasteiger partial charge in [-0.05, 0) is 25.8 Å². The smallest absolute Gasteiger partial charge is 0.222 e. The lowest BCUT2D eigenvalue weighted by molar-refractivity contribution is -0.137. The molecule has 92 valence electrons. The number of piperidine rings is 1. The molecule has 2 rings (SSSR count). The normalized spacial score (nSPS) is 25.4. The quantitative estimate of drug-likeness (QED) is 0.766. The van der Waals surface area contributed by atoms with Gasteiger partial charge in [0, 0.05) is 24.4 Å². The zero-order valence-electron chi connectivity index (χ0n) is 10.9. The van der Waals surface area contributed by atoms with E-state index in [0.29, 0.717) is 18.4 Å². The molecule has 0 N–H and O–H groups in total. The van der Waals surface area contributed by atoms with Crippen LogP contribution in [-0.4, -0.2) is 23.4 Å². The molecule has 1 aliphatic rings. The summed E-state index contributed by atoms with van der Waals surface area (Å²) in [4.78, 5) is 13.9. The summed E-state index contributed by atoms with van der Waals surface area (Å²) in [5.74, 6) is 0.299. The van der Waals surface area contributed by atoms with E-state index in [-0.39, 0.29) is 5.41 Å². The molecule has 1 unspecified atom stereocenters. The number of benzene rings is 1. The van der Waals surface area contributed by atoms with Crippen LogP contribution < -0.4 is 0 Å². The van der Waals surface area contributed by atoms with Gasteiger partial charge in [-0.1, -0.05) is 37.3 Å². The van der Waals surface area contributed by atoms with Crippen LogP contribution >= 0.6 is 0 Å². The molecule has 0 radical (unpaired) electrons. The van der Waals surface area contributed by atoms with Crippen LogP contribution in [0.25, 0.3) is 0 Å². The summed E-state index contributed by atoms with van der Waals surface area (Å²) in [6.07, 6.45) is 1.63. The largest absolute Gasteiger partial charge is 0.339 e. The Hall–Kier alpha value is -1.31. The van der Waals surface area contributed by atoms with Crippen molar-refractivity contribution in [3.8, 4) is 0 Å². The Bertz CT molecular complexity index is 399. The summed E-state index contributed by atoms with van der Waals surface area (Å²) >= 11 is 0. The van der Waals surface area contributed by atoms with E-state index >= 15 is 0 Å². The zero-order chi connectivity index (χ0) is 12.5. The van der Waals surface area contributed by atoms with Gasteiger partial charge in [0.1, 0.15) is 0 Å². The second-order valence-electron chi connectivity index (χ2n) is 5.54. The van der Waals surface area contributed by atoms with Crippen molar-refractivity contribution in [2.45, 2.75) is 45.1 Å². The number of rotatable bonds is 2. The van der Waals surface area contributed by atoms with Gasteiger partial charge in [0.05, 0.1) is 0 Å². The average Bonchev–Trinajstić information content (AvgIpc) is 2.33. The maximum absolute atomic E-state index is 11.9. The summed E-state index contributed by atoms with van der Waals surface area (Å²) < 4.78 is 0. The number of likely N-dealkylation sites (tertiary alicyclic amines) is 1. The van der Waals surface area contributed by atoms with Crippen molar-refractivity contribution >= 4 is 5.91 Å². The molecule has 1 amide bonds. The highest BCUT2D eigenvalue weighted by Crippen LogP contribution is 2.34. The average molecular weight is 231 g/mol. The second-order valence-corrected chi connectivity index (χ2v) is 5.54. The van der Waals surface area contributed by atoms with Crippen molar-refractivity contribution in [3.63, 3.8) is 0 Å². The Kier molecular flexibility index (Phi) is 3.23. The number of hydrogen-bond acceptors (Lipinski definition) is 1. The maximum atomic E-state index is 11.9. The third-order valence-electron chi connectivity index (χ3n) is 3.82. The fraction of sp³-hybridized carbons (Fsp3) is 0.533. The number of amides is 1.